The van der Waals surface area contributed by atoms with Crippen molar-refractivity contribution in [2.75, 3.05) is 25.5 Å². The molecule has 1 aromatic rings. The van der Waals surface area contributed by atoms with Crippen molar-refractivity contribution in [1.29, 1.82) is 0 Å². The Hall–Kier alpha value is -1.56. The average Bonchev–Trinajstić information content (AvgIpc) is 2.73. The molecule has 0 bridgehead atoms. The minimum Gasteiger partial charge on any atom is -0.465 e. The van der Waals surface area contributed by atoms with Crippen molar-refractivity contribution in [1.82, 2.24) is 14.7 Å². The van der Waals surface area contributed by atoms with Crippen molar-refractivity contribution in [2.24, 2.45) is 0 Å². The lowest BCUT2D eigenvalue weighted by atomic mass is 9.92. The lowest BCUT2D eigenvalue weighted by molar-refractivity contribution is 0.206. The minimum atomic E-state index is -1.04. The normalized spacial score (nSPS) is 18.2. The molecule has 0 atom stereocenters. The van der Waals surface area contributed by atoms with E-state index in [1.807, 2.05) is 10.7 Å². The summed E-state index contributed by atoms with van der Waals surface area (Å²) >= 11 is 0. The van der Waals surface area contributed by atoms with E-state index >= 15 is 0 Å². The monoisotopic (exact) mass is 280 g/mol. The van der Waals surface area contributed by atoms with Crippen LogP contribution in [-0.2, 0) is 5.41 Å². The molecule has 0 unspecified atom stereocenters. The predicted molar refractivity (Wildman–Crippen MR) is 78.3 cm³/mol. The molecule has 6 heteroatoms. The van der Waals surface area contributed by atoms with Gasteiger partial charge in [0, 0.05) is 11.5 Å². The number of hydrogen-bond acceptors (Lipinski definition) is 3. The molecule has 0 aliphatic carbocycles. The third-order valence-corrected chi connectivity index (χ3v) is 3.77. The van der Waals surface area contributed by atoms with Crippen molar-refractivity contribution >= 4 is 11.9 Å². The fourth-order valence-electron chi connectivity index (χ4n) is 2.48. The summed E-state index contributed by atoms with van der Waals surface area (Å²) in [4.78, 5) is 13.2. The second kappa shape index (κ2) is 5.44. The number of likely N-dealkylation sites (tertiary alicyclic amines) is 1. The Morgan fingerprint density at radius 3 is 2.50 bits per heavy atom. The van der Waals surface area contributed by atoms with Crippen LogP contribution in [0.1, 0.15) is 45.3 Å². The molecule has 1 amide bonds. The molecule has 0 saturated carbocycles. The molecule has 0 spiro atoms. The Labute approximate surface area is 119 Å². The number of aromatic nitrogens is 2. The third kappa shape index (κ3) is 3.30. The van der Waals surface area contributed by atoms with Crippen molar-refractivity contribution in [3.63, 3.8) is 0 Å². The molecule has 2 N–H and O–H groups in total. The summed E-state index contributed by atoms with van der Waals surface area (Å²) in [6.07, 6.45) is 0.950. The van der Waals surface area contributed by atoms with Gasteiger partial charge in [0.05, 0.1) is 11.7 Å². The summed E-state index contributed by atoms with van der Waals surface area (Å²) in [6, 6.07) is 2.12. The van der Waals surface area contributed by atoms with Crippen molar-refractivity contribution in [2.45, 2.75) is 45.1 Å². The number of nitrogens with zero attached hydrogens (tertiary/aromatic N) is 3. The van der Waals surface area contributed by atoms with Gasteiger partial charge in [-0.15, -0.1) is 0 Å². The van der Waals surface area contributed by atoms with Crippen molar-refractivity contribution in [3.05, 3.63) is 11.8 Å². The molecule has 0 aromatic carbocycles. The Morgan fingerprint density at radius 1 is 1.40 bits per heavy atom. The molecule has 1 aliphatic rings. The number of anilines is 1. The standard InChI is InChI=1S/C14H24N4O2/c1-14(2,3)11-9-12(15-13(19)20)18(16-11)10-5-7-17(4)8-6-10/h9-10,15H,5-8H2,1-4H3,(H,19,20). The quantitative estimate of drug-likeness (QED) is 0.873. The van der Waals surface area contributed by atoms with E-state index in [0.29, 0.717) is 5.82 Å². The summed E-state index contributed by atoms with van der Waals surface area (Å²) < 4.78 is 1.86. The molecule has 1 saturated heterocycles. The van der Waals surface area contributed by atoms with E-state index in [2.05, 4.69) is 43.1 Å². The highest BCUT2D eigenvalue weighted by Crippen LogP contribution is 2.30. The van der Waals surface area contributed by atoms with Crippen LogP contribution in [0.3, 0.4) is 0 Å². The highest BCUT2D eigenvalue weighted by atomic mass is 16.4. The fourth-order valence-corrected chi connectivity index (χ4v) is 2.48. The molecule has 1 aromatic heterocycles. The minimum absolute atomic E-state index is 0.0916. The second-order valence-electron chi connectivity index (χ2n) is 6.57. The first-order chi connectivity index (χ1) is 9.27. The molecule has 6 nitrogen and oxygen atoms in total. The smallest absolute Gasteiger partial charge is 0.410 e. The maximum Gasteiger partial charge on any atom is 0.410 e. The van der Waals surface area contributed by atoms with E-state index in [-0.39, 0.29) is 11.5 Å². The first-order valence-electron chi connectivity index (χ1n) is 7.06. The second-order valence-corrected chi connectivity index (χ2v) is 6.57. The van der Waals surface area contributed by atoms with E-state index < -0.39 is 6.09 Å². The summed E-state index contributed by atoms with van der Waals surface area (Å²) in [5.41, 5.74) is 0.825. The zero-order valence-electron chi connectivity index (χ0n) is 12.7. The van der Waals surface area contributed by atoms with E-state index in [4.69, 9.17) is 5.11 Å². The van der Waals surface area contributed by atoms with Crippen LogP contribution in [0.25, 0.3) is 0 Å². The van der Waals surface area contributed by atoms with Crippen LogP contribution < -0.4 is 5.32 Å². The Morgan fingerprint density at radius 2 is 2.00 bits per heavy atom. The van der Waals surface area contributed by atoms with Crippen molar-refractivity contribution in [3.8, 4) is 0 Å². The van der Waals surface area contributed by atoms with Gasteiger partial charge in [0.1, 0.15) is 5.82 Å². The summed E-state index contributed by atoms with van der Waals surface area (Å²) in [6.45, 7) is 8.28. The summed E-state index contributed by atoms with van der Waals surface area (Å²) in [5.74, 6) is 0.581. The summed E-state index contributed by atoms with van der Waals surface area (Å²) in [5, 5.41) is 16.1. The van der Waals surface area contributed by atoms with E-state index in [1.165, 1.54) is 0 Å². The number of amides is 1. The lowest BCUT2D eigenvalue weighted by Gasteiger charge is -2.30. The van der Waals surface area contributed by atoms with Gasteiger partial charge >= 0.3 is 6.09 Å². The highest BCUT2D eigenvalue weighted by molar-refractivity contribution is 5.81. The third-order valence-electron chi connectivity index (χ3n) is 3.77. The number of carbonyl (C=O) groups is 1. The molecular weight excluding hydrogens is 256 g/mol. The number of piperidine rings is 1. The molecule has 2 heterocycles. The predicted octanol–water partition coefficient (Wildman–Crippen LogP) is 2.54. The van der Waals surface area contributed by atoms with Gasteiger partial charge in [0.15, 0.2) is 0 Å². The van der Waals surface area contributed by atoms with Gasteiger partial charge in [-0.3, -0.25) is 5.32 Å². The zero-order valence-corrected chi connectivity index (χ0v) is 12.7. The Balaban J connectivity index is 2.29. The van der Waals surface area contributed by atoms with Gasteiger partial charge in [-0.1, -0.05) is 20.8 Å². The molecule has 1 fully saturated rings. The van der Waals surface area contributed by atoms with Gasteiger partial charge in [0.25, 0.3) is 0 Å². The zero-order chi connectivity index (χ0) is 14.9. The highest BCUT2D eigenvalue weighted by Gasteiger charge is 2.26. The summed E-state index contributed by atoms with van der Waals surface area (Å²) in [7, 11) is 2.11. The number of nitrogens with one attached hydrogen (secondary N) is 1. The first kappa shape index (κ1) is 14.8. The Bertz CT molecular complexity index is 482. The van der Waals surface area contributed by atoms with Gasteiger partial charge in [-0.05, 0) is 33.0 Å². The van der Waals surface area contributed by atoms with Gasteiger partial charge in [-0.2, -0.15) is 5.10 Å². The molecular formula is C14H24N4O2. The van der Waals surface area contributed by atoms with Crippen LogP contribution in [0.2, 0.25) is 0 Å². The van der Waals surface area contributed by atoms with Crippen molar-refractivity contribution < 1.29 is 9.90 Å². The van der Waals surface area contributed by atoms with E-state index in [0.717, 1.165) is 31.6 Å². The maximum atomic E-state index is 11.0. The van der Waals surface area contributed by atoms with Crippen LogP contribution in [0.5, 0.6) is 0 Å². The maximum absolute atomic E-state index is 11.0. The van der Waals surface area contributed by atoms with E-state index in [9.17, 15) is 4.79 Å². The SMILES string of the molecule is CN1CCC(n2nc(C(C)(C)C)cc2NC(=O)O)CC1. The molecule has 1 aliphatic heterocycles. The van der Waals surface area contributed by atoms with E-state index in [1.54, 1.807) is 0 Å². The topological polar surface area (TPSA) is 70.4 Å². The molecule has 20 heavy (non-hydrogen) atoms. The van der Waals surface area contributed by atoms with Crippen LogP contribution in [0, 0.1) is 0 Å². The first-order valence-corrected chi connectivity index (χ1v) is 7.06. The average molecular weight is 280 g/mol. The number of carboxylic acid groups (broad SMARTS) is 1. The molecule has 0 radical (unpaired) electrons. The fraction of sp³-hybridized carbons (Fsp3) is 0.714. The van der Waals surface area contributed by atoms with Crippen LogP contribution in [-0.4, -0.2) is 46.0 Å². The molecule has 2 rings (SSSR count). The lowest BCUT2D eigenvalue weighted by Crippen LogP contribution is -2.32. The largest absolute Gasteiger partial charge is 0.465 e. The van der Waals surface area contributed by atoms with Crippen LogP contribution in [0.15, 0.2) is 6.07 Å². The molecule has 112 valence electrons. The van der Waals surface area contributed by atoms with Gasteiger partial charge in [0.2, 0.25) is 0 Å². The van der Waals surface area contributed by atoms with Crippen LogP contribution >= 0.6 is 0 Å². The van der Waals surface area contributed by atoms with Gasteiger partial charge in [-0.25, -0.2) is 9.48 Å². The Kier molecular flexibility index (Phi) is 4.04. The van der Waals surface area contributed by atoms with Gasteiger partial charge < -0.3 is 10.0 Å². The number of rotatable bonds is 2. The number of hydrogen-bond donors (Lipinski definition) is 2. The van der Waals surface area contributed by atoms with Crippen LogP contribution in [0.4, 0.5) is 10.6 Å².